The molecule has 1 amide bonds. The van der Waals surface area contributed by atoms with Crippen LogP contribution in [0.5, 0.6) is 0 Å². The standard InChI is InChI=1S/C21H31NO4/c1-3-5-6-10-16-22(17-15-21(25)26-4-2)20(24)14-13-19(23)18-11-8-7-9-12-18/h7-9,11-12H,3-6,10,13-17H2,1-2H3. The van der Waals surface area contributed by atoms with Crippen molar-refractivity contribution in [3.8, 4) is 0 Å². The molecule has 0 aliphatic rings. The zero-order valence-electron chi connectivity index (χ0n) is 16.0. The van der Waals surface area contributed by atoms with Crippen LogP contribution in [0.2, 0.25) is 0 Å². The number of carbonyl (C=O) groups excluding carboxylic acids is 3. The zero-order chi connectivity index (χ0) is 19.2. The molecule has 0 radical (unpaired) electrons. The first-order chi connectivity index (χ1) is 12.6. The second-order valence-corrected chi connectivity index (χ2v) is 6.29. The second-order valence-electron chi connectivity index (χ2n) is 6.29. The van der Waals surface area contributed by atoms with Crippen LogP contribution in [-0.4, -0.2) is 42.3 Å². The number of benzene rings is 1. The van der Waals surface area contributed by atoms with Gasteiger partial charge in [-0.05, 0) is 13.3 Å². The first kappa shape index (κ1) is 21.9. The number of nitrogens with zero attached hydrogens (tertiary/aromatic N) is 1. The van der Waals surface area contributed by atoms with Gasteiger partial charge in [0, 0.05) is 31.5 Å². The Kier molecular flexibility index (Phi) is 11.0. The van der Waals surface area contributed by atoms with Crippen molar-refractivity contribution < 1.29 is 19.1 Å². The van der Waals surface area contributed by atoms with E-state index in [4.69, 9.17) is 4.74 Å². The van der Waals surface area contributed by atoms with Gasteiger partial charge in [-0.2, -0.15) is 0 Å². The molecule has 5 heteroatoms. The Hall–Kier alpha value is -2.17. The van der Waals surface area contributed by atoms with Crippen molar-refractivity contribution in [2.75, 3.05) is 19.7 Å². The van der Waals surface area contributed by atoms with Gasteiger partial charge in [-0.3, -0.25) is 14.4 Å². The molecule has 0 N–H and O–H groups in total. The van der Waals surface area contributed by atoms with E-state index in [1.165, 1.54) is 0 Å². The third-order valence-electron chi connectivity index (χ3n) is 4.19. The van der Waals surface area contributed by atoms with Gasteiger partial charge in [0.15, 0.2) is 5.78 Å². The number of hydrogen-bond acceptors (Lipinski definition) is 4. The van der Waals surface area contributed by atoms with E-state index in [-0.39, 0.29) is 36.9 Å². The van der Waals surface area contributed by atoms with Crippen molar-refractivity contribution in [2.24, 2.45) is 0 Å². The minimum absolute atomic E-state index is 0.0322. The fourth-order valence-corrected chi connectivity index (χ4v) is 2.70. The van der Waals surface area contributed by atoms with E-state index in [1.807, 2.05) is 18.2 Å². The van der Waals surface area contributed by atoms with E-state index >= 15 is 0 Å². The molecule has 0 spiro atoms. The minimum atomic E-state index is -0.292. The van der Waals surface area contributed by atoms with Gasteiger partial charge in [-0.25, -0.2) is 0 Å². The van der Waals surface area contributed by atoms with Crippen LogP contribution in [-0.2, 0) is 14.3 Å². The fourth-order valence-electron chi connectivity index (χ4n) is 2.70. The number of ketones is 1. The largest absolute Gasteiger partial charge is 0.466 e. The first-order valence-corrected chi connectivity index (χ1v) is 9.60. The molecule has 0 aliphatic heterocycles. The predicted octanol–water partition coefficient (Wildman–Crippen LogP) is 4.01. The highest BCUT2D eigenvalue weighted by atomic mass is 16.5. The Balaban J connectivity index is 2.52. The lowest BCUT2D eigenvalue weighted by Crippen LogP contribution is -2.34. The smallest absolute Gasteiger partial charge is 0.307 e. The maximum absolute atomic E-state index is 12.5. The minimum Gasteiger partial charge on any atom is -0.466 e. The van der Waals surface area contributed by atoms with Crippen LogP contribution in [0, 0.1) is 0 Å². The molecule has 0 heterocycles. The number of carbonyl (C=O) groups is 3. The van der Waals surface area contributed by atoms with Crippen molar-refractivity contribution in [3.63, 3.8) is 0 Å². The number of unbranched alkanes of at least 4 members (excludes halogenated alkanes) is 3. The summed E-state index contributed by atoms with van der Waals surface area (Å²) in [5.74, 6) is -0.399. The molecule has 0 aromatic heterocycles. The van der Waals surface area contributed by atoms with Crippen molar-refractivity contribution >= 4 is 17.7 Å². The summed E-state index contributed by atoms with van der Waals surface area (Å²) in [6.07, 6.45) is 4.78. The monoisotopic (exact) mass is 361 g/mol. The number of rotatable bonds is 13. The van der Waals surface area contributed by atoms with E-state index in [9.17, 15) is 14.4 Å². The van der Waals surface area contributed by atoms with E-state index in [0.717, 1.165) is 25.7 Å². The lowest BCUT2D eigenvalue weighted by atomic mass is 10.1. The van der Waals surface area contributed by atoms with Crippen LogP contribution in [0.15, 0.2) is 30.3 Å². The molecule has 5 nitrogen and oxygen atoms in total. The first-order valence-electron chi connectivity index (χ1n) is 9.60. The van der Waals surface area contributed by atoms with E-state index in [2.05, 4.69) is 6.92 Å². The molecule has 26 heavy (non-hydrogen) atoms. The molecule has 1 aromatic carbocycles. The third kappa shape index (κ3) is 8.79. The van der Waals surface area contributed by atoms with Gasteiger partial charge >= 0.3 is 5.97 Å². The number of amides is 1. The van der Waals surface area contributed by atoms with E-state index < -0.39 is 0 Å². The summed E-state index contributed by atoms with van der Waals surface area (Å²) >= 11 is 0. The van der Waals surface area contributed by atoms with Gasteiger partial charge in [-0.15, -0.1) is 0 Å². The Bertz CT molecular complexity index is 556. The molecule has 0 atom stereocenters. The molecule has 1 rings (SSSR count). The van der Waals surface area contributed by atoms with Crippen LogP contribution in [0.1, 0.15) is 69.2 Å². The summed E-state index contributed by atoms with van der Waals surface area (Å²) < 4.78 is 4.94. The molecule has 0 saturated heterocycles. The Morgan fingerprint density at radius 3 is 2.27 bits per heavy atom. The molecular weight excluding hydrogens is 330 g/mol. The lowest BCUT2D eigenvalue weighted by molar-refractivity contribution is -0.144. The summed E-state index contributed by atoms with van der Waals surface area (Å²) in [5, 5.41) is 0. The van der Waals surface area contributed by atoms with Crippen LogP contribution in [0.25, 0.3) is 0 Å². The van der Waals surface area contributed by atoms with Crippen molar-refractivity contribution in [1.82, 2.24) is 4.90 Å². The summed E-state index contributed by atoms with van der Waals surface area (Å²) in [6.45, 7) is 5.22. The number of esters is 1. The highest BCUT2D eigenvalue weighted by molar-refractivity contribution is 5.97. The Morgan fingerprint density at radius 2 is 1.62 bits per heavy atom. The average molecular weight is 361 g/mol. The normalized spacial score (nSPS) is 10.4. The van der Waals surface area contributed by atoms with Crippen LogP contribution in [0.4, 0.5) is 0 Å². The Labute approximate surface area is 156 Å². The van der Waals surface area contributed by atoms with Gasteiger partial charge in [0.25, 0.3) is 0 Å². The zero-order valence-corrected chi connectivity index (χ0v) is 16.0. The topological polar surface area (TPSA) is 63.7 Å². The van der Waals surface area contributed by atoms with Gasteiger partial charge in [0.05, 0.1) is 13.0 Å². The maximum atomic E-state index is 12.5. The van der Waals surface area contributed by atoms with Crippen molar-refractivity contribution in [3.05, 3.63) is 35.9 Å². The molecular formula is C21H31NO4. The van der Waals surface area contributed by atoms with Crippen molar-refractivity contribution in [1.29, 1.82) is 0 Å². The quantitative estimate of drug-likeness (QED) is 0.302. The number of Topliss-reactive ketones (excluding diaryl/α,β-unsaturated/α-hetero) is 1. The second kappa shape index (κ2) is 13.1. The molecule has 0 fully saturated rings. The highest BCUT2D eigenvalue weighted by Gasteiger charge is 2.17. The molecule has 0 unspecified atom stereocenters. The van der Waals surface area contributed by atoms with Gasteiger partial charge in [-0.1, -0.05) is 56.5 Å². The summed E-state index contributed by atoms with van der Waals surface area (Å²) in [7, 11) is 0. The lowest BCUT2D eigenvalue weighted by Gasteiger charge is -2.22. The molecule has 0 bridgehead atoms. The molecule has 0 saturated carbocycles. The fraction of sp³-hybridized carbons (Fsp3) is 0.571. The van der Waals surface area contributed by atoms with E-state index in [0.29, 0.717) is 25.3 Å². The SMILES string of the molecule is CCCCCCN(CCC(=O)OCC)C(=O)CCC(=O)c1ccccc1. The summed E-state index contributed by atoms with van der Waals surface area (Å²) in [4.78, 5) is 38.0. The maximum Gasteiger partial charge on any atom is 0.307 e. The Morgan fingerprint density at radius 1 is 0.885 bits per heavy atom. The average Bonchev–Trinajstić information content (AvgIpc) is 2.66. The molecule has 144 valence electrons. The van der Waals surface area contributed by atoms with Crippen LogP contribution in [0.3, 0.4) is 0 Å². The highest BCUT2D eigenvalue weighted by Crippen LogP contribution is 2.09. The summed E-state index contributed by atoms with van der Waals surface area (Å²) in [5.41, 5.74) is 0.626. The van der Waals surface area contributed by atoms with Crippen LogP contribution >= 0.6 is 0 Å². The summed E-state index contributed by atoms with van der Waals surface area (Å²) in [6, 6.07) is 9.00. The number of hydrogen-bond donors (Lipinski definition) is 0. The van der Waals surface area contributed by atoms with Gasteiger partial charge in [0.2, 0.25) is 5.91 Å². The van der Waals surface area contributed by atoms with Gasteiger partial charge in [0.1, 0.15) is 0 Å². The van der Waals surface area contributed by atoms with Crippen LogP contribution < -0.4 is 0 Å². The van der Waals surface area contributed by atoms with Crippen molar-refractivity contribution in [2.45, 2.75) is 58.8 Å². The molecule has 0 aliphatic carbocycles. The van der Waals surface area contributed by atoms with E-state index in [1.54, 1.807) is 24.0 Å². The van der Waals surface area contributed by atoms with Gasteiger partial charge < -0.3 is 9.64 Å². The predicted molar refractivity (Wildman–Crippen MR) is 102 cm³/mol. The molecule has 1 aromatic rings. The number of ether oxygens (including phenoxy) is 1. The third-order valence-corrected chi connectivity index (χ3v) is 4.19.